The molecule has 0 atom stereocenters. The van der Waals surface area contributed by atoms with Gasteiger partial charge in [0.25, 0.3) is 0 Å². The van der Waals surface area contributed by atoms with Crippen LogP contribution in [0.15, 0.2) is 12.1 Å². The van der Waals surface area contributed by atoms with E-state index in [1.807, 2.05) is 11.6 Å². The molecule has 0 heterocycles. The normalized spacial score (nSPS) is 11.6. The second kappa shape index (κ2) is 7.54. The van der Waals surface area contributed by atoms with E-state index in [0.29, 0.717) is 13.0 Å². The molecule has 20 heavy (non-hydrogen) atoms. The molecule has 0 saturated heterocycles. The smallest absolute Gasteiger partial charge is 0.232 e. The lowest BCUT2D eigenvalue weighted by Gasteiger charge is -2.11. The quantitative estimate of drug-likeness (QED) is 0.725. The van der Waals surface area contributed by atoms with Crippen LogP contribution in [-0.4, -0.2) is 27.3 Å². The molecule has 7 heteroatoms. The Bertz CT molecular complexity index is 548. The van der Waals surface area contributed by atoms with Gasteiger partial charge in [-0.25, -0.2) is 17.2 Å². The van der Waals surface area contributed by atoms with Crippen LogP contribution in [0.2, 0.25) is 0 Å². The number of nitrogens with one attached hydrogen (secondary N) is 2. The number of aryl methyl sites for hydroxylation is 1. The van der Waals surface area contributed by atoms with Gasteiger partial charge in [0.15, 0.2) is 5.82 Å². The monoisotopic (exact) mass is 306 g/mol. The van der Waals surface area contributed by atoms with E-state index >= 15 is 0 Å². The second-order valence-electron chi connectivity index (χ2n) is 4.58. The Morgan fingerprint density at radius 2 is 1.90 bits per heavy atom. The molecule has 0 aliphatic rings. The Morgan fingerprint density at radius 1 is 1.20 bits per heavy atom. The minimum Gasteiger partial charge on any atom is -0.317 e. The average Bonchev–Trinajstić information content (AvgIpc) is 2.39. The highest BCUT2D eigenvalue weighted by Crippen LogP contribution is 2.22. The van der Waals surface area contributed by atoms with Gasteiger partial charge < -0.3 is 5.32 Å². The number of anilines is 1. The van der Waals surface area contributed by atoms with Gasteiger partial charge in [0.1, 0.15) is 11.5 Å². The number of sulfonamides is 1. The molecular weight excluding hydrogens is 286 g/mol. The summed E-state index contributed by atoms with van der Waals surface area (Å²) in [6, 6.07) is 2.30. The third-order valence-corrected chi connectivity index (χ3v) is 4.08. The van der Waals surface area contributed by atoms with Gasteiger partial charge in [-0.05, 0) is 44.5 Å². The maximum atomic E-state index is 13.7. The lowest BCUT2D eigenvalue weighted by atomic mass is 10.2. The van der Waals surface area contributed by atoms with Crippen molar-refractivity contribution in [3.63, 3.8) is 0 Å². The molecule has 1 rings (SSSR count). The van der Waals surface area contributed by atoms with E-state index in [4.69, 9.17) is 0 Å². The number of halogens is 2. The van der Waals surface area contributed by atoms with Crippen molar-refractivity contribution >= 4 is 15.7 Å². The SMILES string of the molecule is CCCNCCCS(=O)(=O)Nc1c(F)ccc(C)c1F. The Balaban J connectivity index is 2.65. The van der Waals surface area contributed by atoms with Gasteiger partial charge in [0.05, 0.1) is 5.75 Å². The van der Waals surface area contributed by atoms with Crippen LogP contribution >= 0.6 is 0 Å². The molecule has 1 aromatic carbocycles. The lowest BCUT2D eigenvalue weighted by Crippen LogP contribution is -2.23. The average molecular weight is 306 g/mol. The maximum absolute atomic E-state index is 13.7. The first-order chi connectivity index (χ1) is 9.37. The van der Waals surface area contributed by atoms with Gasteiger partial charge in [-0.3, -0.25) is 4.72 Å². The zero-order valence-corrected chi connectivity index (χ0v) is 12.5. The Morgan fingerprint density at radius 3 is 2.55 bits per heavy atom. The molecule has 0 aliphatic carbocycles. The van der Waals surface area contributed by atoms with E-state index in [2.05, 4.69) is 5.32 Å². The van der Waals surface area contributed by atoms with E-state index in [0.717, 1.165) is 19.0 Å². The predicted octanol–water partition coefficient (Wildman–Crippen LogP) is 2.40. The topological polar surface area (TPSA) is 58.2 Å². The van der Waals surface area contributed by atoms with E-state index in [-0.39, 0.29) is 11.3 Å². The molecule has 0 spiro atoms. The Labute approximate surface area is 118 Å². The highest BCUT2D eigenvalue weighted by molar-refractivity contribution is 7.92. The van der Waals surface area contributed by atoms with Crippen molar-refractivity contribution in [3.05, 3.63) is 29.3 Å². The van der Waals surface area contributed by atoms with Gasteiger partial charge in [-0.15, -0.1) is 0 Å². The molecule has 0 aromatic heterocycles. The largest absolute Gasteiger partial charge is 0.317 e. The molecular formula is C13H20F2N2O2S. The maximum Gasteiger partial charge on any atom is 0.232 e. The summed E-state index contributed by atoms with van der Waals surface area (Å²) in [6.07, 6.45) is 1.34. The zero-order chi connectivity index (χ0) is 15.2. The number of hydrogen-bond acceptors (Lipinski definition) is 3. The molecule has 0 fully saturated rings. The van der Waals surface area contributed by atoms with Crippen molar-refractivity contribution < 1.29 is 17.2 Å². The third-order valence-electron chi connectivity index (χ3n) is 2.74. The first kappa shape index (κ1) is 16.8. The highest BCUT2D eigenvalue weighted by Gasteiger charge is 2.17. The van der Waals surface area contributed by atoms with Crippen molar-refractivity contribution in [3.8, 4) is 0 Å². The predicted molar refractivity (Wildman–Crippen MR) is 76.3 cm³/mol. The van der Waals surface area contributed by atoms with Gasteiger partial charge in [-0.2, -0.15) is 0 Å². The molecule has 0 radical (unpaired) electrons. The summed E-state index contributed by atoms with van der Waals surface area (Å²) in [5, 5.41) is 3.06. The van der Waals surface area contributed by atoms with Crippen LogP contribution in [0.5, 0.6) is 0 Å². The molecule has 0 saturated carbocycles. The molecule has 0 aliphatic heterocycles. The van der Waals surface area contributed by atoms with E-state index < -0.39 is 27.3 Å². The summed E-state index contributed by atoms with van der Waals surface area (Å²) in [6.45, 7) is 4.82. The van der Waals surface area contributed by atoms with Gasteiger partial charge in [0, 0.05) is 0 Å². The highest BCUT2D eigenvalue weighted by atomic mass is 32.2. The lowest BCUT2D eigenvalue weighted by molar-refractivity contribution is 0.576. The third kappa shape index (κ3) is 5.05. The molecule has 0 bridgehead atoms. The Kier molecular flexibility index (Phi) is 6.35. The standard InChI is InChI=1S/C13H20F2N2O2S/c1-3-7-16-8-4-9-20(18,19)17-13-11(14)6-5-10(2)12(13)15/h5-6,16-17H,3-4,7-9H2,1-2H3. The van der Waals surface area contributed by atoms with E-state index in [9.17, 15) is 17.2 Å². The summed E-state index contributed by atoms with van der Waals surface area (Å²) in [7, 11) is -3.75. The first-order valence-corrected chi connectivity index (χ1v) is 8.18. The summed E-state index contributed by atoms with van der Waals surface area (Å²) in [5.74, 6) is -1.98. The van der Waals surface area contributed by atoms with Gasteiger partial charge in [0.2, 0.25) is 10.0 Å². The van der Waals surface area contributed by atoms with Crippen LogP contribution in [0.25, 0.3) is 0 Å². The molecule has 114 valence electrons. The van der Waals surface area contributed by atoms with Crippen molar-refractivity contribution in [1.82, 2.24) is 5.32 Å². The summed E-state index contributed by atoms with van der Waals surface area (Å²) < 4.78 is 52.7. The minimum absolute atomic E-state index is 0.184. The summed E-state index contributed by atoms with van der Waals surface area (Å²) in [5.41, 5.74) is -0.416. The van der Waals surface area contributed by atoms with Crippen molar-refractivity contribution in [2.24, 2.45) is 0 Å². The summed E-state index contributed by atoms with van der Waals surface area (Å²) >= 11 is 0. The number of rotatable bonds is 8. The van der Waals surface area contributed by atoms with E-state index in [1.165, 1.54) is 13.0 Å². The molecule has 0 amide bonds. The zero-order valence-electron chi connectivity index (χ0n) is 11.7. The van der Waals surface area contributed by atoms with Crippen molar-refractivity contribution in [2.45, 2.75) is 26.7 Å². The first-order valence-electron chi connectivity index (χ1n) is 6.53. The van der Waals surface area contributed by atoms with Gasteiger partial charge >= 0.3 is 0 Å². The van der Waals surface area contributed by atoms with Crippen LogP contribution in [0.4, 0.5) is 14.5 Å². The van der Waals surface area contributed by atoms with Crippen LogP contribution in [0.3, 0.4) is 0 Å². The Hall–Kier alpha value is -1.21. The summed E-state index contributed by atoms with van der Waals surface area (Å²) in [4.78, 5) is 0. The van der Waals surface area contributed by atoms with Gasteiger partial charge in [-0.1, -0.05) is 13.0 Å². The molecule has 4 nitrogen and oxygen atoms in total. The fraction of sp³-hybridized carbons (Fsp3) is 0.538. The van der Waals surface area contributed by atoms with Crippen molar-refractivity contribution in [2.75, 3.05) is 23.6 Å². The molecule has 1 aromatic rings. The number of hydrogen-bond donors (Lipinski definition) is 2. The van der Waals surface area contributed by atoms with E-state index in [1.54, 1.807) is 0 Å². The minimum atomic E-state index is -3.75. The van der Waals surface area contributed by atoms with Crippen LogP contribution in [-0.2, 0) is 10.0 Å². The van der Waals surface area contributed by atoms with Crippen LogP contribution in [0.1, 0.15) is 25.3 Å². The molecule has 0 unspecified atom stereocenters. The molecule has 2 N–H and O–H groups in total. The van der Waals surface area contributed by atoms with Crippen LogP contribution < -0.4 is 10.0 Å². The number of benzene rings is 1. The second-order valence-corrected chi connectivity index (χ2v) is 6.42. The fourth-order valence-electron chi connectivity index (χ4n) is 1.65. The van der Waals surface area contributed by atoms with Crippen molar-refractivity contribution in [1.29, 1.82) is 0 Å². The van der Waals surface area contributed by atoms with Crippen LogP contribution in [0, 0.1) is 18.6 Å². The fourth-order valence-corrected chi connectivity index (χ4v) is 2.77.